The lowest BCUT2D eigenvalue weighted by Crippen LogP contribution is -2.21. The fraction of sp³-hybridized carbons (Fsp3) is 0.417. The number of hydrogen-bond donors (Lipinski definition) is 1. The highest BCUT2D eigenvalue weighted by atomic mass is 16.5. The van der Waals surface area contributed by atoms with E-state index in [-0.39, 0.29) is 11.9 Å². The summed E-state index contributed by atoms with van der Waals surface area (Å²) in [6.07, 6.45) is 0.794. The molecule has 82 valence electrons. The predicted molar refractivity (Wildman–Crippen MR) is 59.8 cm³/mol. The lowest BCUT2D eigenvalue weighted by molar-refractivity contribution is -0.138. The highest BCUT2D eigenvalue weighted by Crippen LogP contribution is 2.12. The maximum atomic E-state index is 11.6. The molecule has 3 nitrogen and oxygen atoms in total. The monoisotopic (exact) mass is 207 g/mol. The number of benzene rings is 1. The number of carbonyl (C=O) groups is 1. The van der Waals surface area contributed by atoms with Crippen LogP contribution in [0.4, 0.5) is 0 Å². The molecule has 0 aliphatic rings. The van der Waals surface area contributed by atoms with E-state index in [0.29, 0.717) is 5.75 Å². The SMILES string of the molecule is CNCCC(C)C(=O)Oc1ccccc1. The number of nitrogens with one attached hydrogen (secondary N) is 1. The van der Waals surface area contributed by atoms with Crippen molar-refractivity contribution in [3.8, 4) is 5.75 Å². The molecule has 0 saturated carbocycles. The zero-order chi connectivity index (χ0) is 11.1. The van der Waals surface area contributed by atoms with E-state index in [9.17, 15) is 4.79 Å². The third-order valence-corrected chi connectivity index (χ3v) is 2.19. The van der Waals surface area contributed by atoms with Crippen molar-refractivity contribution < 1.29 is 9.53 Å². The lowest BCUT2D eigenvalue weighted by Gasteiger charge is -2.10. The highest BCUT2D eigenvalue weighted by Gasteiger charge is 2.14. The molecule has 0 aliphatic carbocycles. The van der Waals surface area contributed by atoms with Crippen LogP contribution >= 0.6 is 0 Å². The Labute approximate surface area is 90.4 Å². The summed E-state index contributed by atoms with van der Waals surface area (Å²) in [5.74, 6) is 0.368. The van der Waals surface area contributed by atoms with Gasteiger partial charge in [0.05, 0.1) is 5.92 Å². The first-order chi connectivity index (χ1) is 7.24. The zero-order valence-corrected chi connectivity index (χ0v) is 9.19. The average molecular weight is 207 g/mol. The summed E-state index contributed by atoms with van der Waals surface area (Å²) < 4.78 is 5.21. The minimum Gasteiger partial charge on any atom is -0.426 e. The number of para-hydroxylation sites is 1. The summed E-state index contributed by atoms with van der Waals surface area (Å²) in [7, 11) is 1.87. The first-order valence-corrected chi connectivity index (χ1v) is 5.15. The van der Waals surface area contributed by atoms with Gasteiger partial charge in [-0.3, -0.25) is 4.79 Å². The van der Waals surface area contributed by atoms with Crippen LogP contribution in [0.25, 0.3) is 0 Å². The Hall–Kier alpha value is -1.35. The van der Waals surface area contributed by atoms with Gasteiger partial charge in [-0.25, -0.2) is 0 Å². The molecule has 0 heterocycles. The van der Waals surface area contributed by atoms with Crippen LogP contribution in [0.1, 0.15) is 13.3 Å². The molecule has 0 aliphatic heterocycles. The largest absolute Gasteiger partial charge is 0.426 e. The van der Waals surface area contributed by atoms with Crippen molar-refractivity contribution >= 4 is 5.97 Å². The van der Waals surface area contributed by atoms with Gasteiger partial charge < -0.3 is 10.1 Å². The van der Waals surface area contributed by atoms with Crippen molar-refractivity contribution in [3.05, 3.63) is 30.3 Å². The summed E-state index contributed by atoms with van der Waals surface area (Å²) in [4.78, 5) is 11.6. The van der Waals surface area contributed by atoms with Gasteiger partial charge in [-0.05, 0) is 32.1 Å². The van der Waals surface area contributed by atoms with Crippen LogP contribution in [0, 0.1) is 5.92 Å². The molecule has 3 heteroatoms. The summed E-state index contributed by atoms with van der Waals surface area (Å²) in [5, 5.41) is 3.01. The van der Waals surface area contributed by atoms with Crippen LogP contribution in [-0.4, -0.2) is 19.6 Å². The Morgan fingerprint density at radius 2 is 2.07 bits per heavy atom. The second-order valence-corrected chi connectivity index (χ2v) is 3.53. The van der Waals surface area contributed by atoms with Crippen LogP contribution in [0.3, 0.4) is 0 Å². The highest BCUT2D eigenvalue weighted by molar-refractivity contribution is 5.74. The topological polar surface area (TPSA) is 38.3 Å². The molecule has 0 fully saturated rings. The average Bonchev–Trinajstić information content (AvgIpc) is 2.27. The molecule has 1 aromatic rings. The fourth-order valence-electron chi connectivity index (χ4n) is 1.18. The van der Waals surface area contributed by atoms with E-state index in [1.807, 2.05) is 32.2 Å². The van der Waals surface area contributed by atoms with Crippen LogP contribution in [0.15, 0.2) is 30.3 Å². The molecule has 1 unspecified atom stereocenters. The van der Waals surface area contributed by atoms with Gasteiger partial charge in [0.15, 0.2) is 0 Å². The number of esters is 1. The molecule has 1 N–H and O–H groups in total. The first-order valence-electron chi connectivity index (χ1n) is 5.15. The van der Waals surface area contributed by atoms with Gasteiger partial charge in [0, 0.05) is 0 Å². The molecule has 15 heavy (non-hydrogen) atoms. The van der Waals surface area contributed by atoms with Crippen molar-refractivity contribution in [1.29, 1.82) is 0 Å². The summed E-state index contributed by atoms with van der Waals surface area (Å²) in [5.41, 5.74) is 0. The second kappa shape index (κ2) is 6.19. The Morgan fingerprint density at radius 1 is 1.40 bits per heavy atom. The van der Waals surface area contributed by atoms with E-state index in [0.717, 1.165) is 13.0 Å². The van der Waals surface area contributed by atoms with E-state index < -0.39 is 0 Å². The van der Waals surface area contributed by atoms with Gasteiger partial charge in [-0.15, -0.1) is 0 Å². The van der Waals surface area contributed by atoms with Crippen molar-refractivity contribution in [2.24, 2.45) is 5.92 Å². The Balaban J connectivity index is 2.42. The number of ether oxygens (including phenoxy) is 1. The molecular formula is C12H17NO2. The minimum atomic E-state index is -0.170. The van der Waals surface area contributed by atoms with Crippen molar-refractivity contribution in [3.63, 3.8) is 0 Å². The number of hydrogen-bond acceptors (Lipinski definition) is 3. The van der Waals surface area contributed by atoms with E-state index in [4.69, 9.17) is 4.74 Å². The molecule has 0 amide bonds. The third kappa shape index (κ3) is 4.13. The smallest absolute Gasteiger partial charge is 0.314 e. The van der Waals surface area contributed by atoms with Crippen LogP contribution in [-0.2, 0) is 4.79 Å². The van der Waals surface area contributed by atoms with Crippen LogP contribution < -0.4 is 10.1 Å². The molecule has 1 atom stereocenters. The maximum Gasteiger partial charge on any atom is 0.314 e. The predicted octanol–water partition coefficient (Wildman–Crippen LogP) is 1.84. The van der Waals surface area contributed by atoms with Crippen molar-refractivity contribution in [2.45, 2.75) is 13.3 Å². The molecule has 0 saturated heterocycles. The summed E-state index contributed by atoms with van der Waals surface area (Å²) >= 11 is 0. The van der Waals surface area contributed by atoms with Gasteiger partial charge in [0.1, 0.15) is 5.75 Å². The first kappa shape index (κ1) is 11.7. The lowest BCUT2D eigenvalue weighted by atomic mass is 10.1. The van der Waals surface area contributed by atoms with E-state index in [1.165, 1.54) is 0 Å². The third-order valence-electron chi connectivity index (χ3n) is 2.19. The molecule has 0 spiro atoms. The van der Waals surface area contributed by atoms with Gasteiger partial charge in [-0.1, -0.05) is 25.1 Å². The summed E-state index contributed by atoms with van der Waals surface area (Å²) in [6.45, 7) is 2.70. The van der Waals surface area contributed by atoms with Crippen molar-refractivity contribution in [2.75, 3.05) is 13.6 Å². The fourth-order valence-corrected chi connectivity index (χ4v) is 1.18. The van der Waals surface area contributed by atoms with Gasteiger partial charge in [-0.2, -0.15) is 0 Å². The number of rotatable bonds is 5. The normalized spacial score (nSPS) is 12.1. The number of carbonyl (C=O) groups excluding carboxylic acids is 1. The molecule has 0 bridgehead atoms. The Morgan fingerprint density at radius 3 is 2.67 bits per heavy atom. The zero-order valence-electron chi connectivity index (χ0n) is 9.19. The summed E-state index contributed by atoms with van der Waals surface area (Å²) in [6, 6.07) is 9.15. The van der Waals surface area contributed by atoms with Crippen LogP contribution in [0.5, 0.6) is 5.75 Å². The maximum absolute atomic E-state index is 11.6. The molecule has 1 aromatic carbocycles. The Bertz CT molecular complexity index is 298. The van der Waals surface area contributed by atoms with Gasteiger partial charge >= 0.3 is 5.97 Å². The van der Waals surface area contributed by atoms with Gasteiger partial charge in [0.2, 0.25) is 0 Å². The van der Waals surface area contributed by atoms with E-state index >= 15 is 0 Å². The standard InChI is InChI=1S/C12H17NO2/c1-10(8-9-13-2)12(14)15-11-6-4-3-5-7-11/h3-7,10,13H,8-9H2,1-2H3. The quantitative estimate of drug-likeness (QED) is 0.591. The van der Waals surface area contributed by atoms with E-state index in [2.05, 4.69) is 5.32 Å². The van der Waals surface area contributed by atoms with Gasteiger partial charge in [0.25, 0.3) is 0 Å². The van der Waals surface area contributed by atoms with Crippen LogP contribution in [0.2, 0.25) is 0 Å². The Kier molecular flexibility index (Phi) is 4.84. The van der Waals surface area contributed by atoms with Crippen molar-refractivity contribution in [1.82, 2.24) is 5.32 Å². The molecule has 0 radical (unpaired) electrons. The molecular weight excluding hydrogens is 190 g/mol. The second-order valence-electron chi connectivity index (χ2n) is 3.53. The van der Waals surface area contributed by atoms with E-state index in [1.54, 1.807) is 12.1 Å². The minimum absolute atomic E-state index is 0.0716. The molecule has 1 rings (SSSR count). The molecule has 0 aromatic heterocycles.